The summed E-state index contributed by atoms with van der Waals surface area (Å²) in [5, 5.41) is -0.116. The van der Waals surface area contributed by atoms with Crippen molar-refractivity contribution in [1.29, 1.82) is 0 Å². The van der Waals surface area contributed by atoms with Gasteiger partial charge in [0.15, 0.2) is 0 Å². The Labute approximate surface area is 165 Å². The lowest BCUT2D eigenvalue weighted by molar-refractivity contribution is -0.145. The minimum atomic E-state index is -0.721. The van der Waals surface area contributed by atoms with Crippen molar-refractivity contribution in [3.63, 3.8) is 0 Å². The average Bonchev–Trinajstić information content (AvgIpc) is 2.68. The zero-order valence-corrected chi connectivity index (χ0v) is 17.6. The van der Waals surface area contributed by atoms with Crippen molar-refractivity contribution in [1.82, 2.24) is 9.80 Å². The van der Waals surface area contributed by atoms with Crippen LogP contribution < -0.4 is 10.5 Å². The van der Waals surface area contributed by atoms with E-state index in [0.29, 0.717) is 6.42 Å². The van der Waals surface area contributed by atoms with Crippen molar-refractivity contribution >= 4 is 28.7 Å². The molecule has 0 unspecified atom stereocenters. The smallest absolute Gasteiger partial charge is 0.245 e. The summed E-state index contributed by atoms with van der Waals surface area (Å²) < 4.78 is 5.14. The molecule has 3 atom stereocenters. The molecule has 0 aliphatic heterocycles. The third-order valence-electron chi connectivity index (χ3n) is 4.55. The molecule has 0 saturated heterocycles. The fraction of sp³-hybridized carbons (Fsp3) is 0.526. The molecule has 0 aromatic heterocycles. The molecule has 1 rings (SSSR count). The van der Waals surface area contributed by atoms with Gasteiger partial charge >= 0.3 is 0 Å². The molecule has 1 aromatic rings. The predicted octanol–water partition coefficient (Wildman–Crippen LogP) is 1.15. The van der Waals surface area contributed by atoms with E-state index in [4.69, 9.17) is 10.5 Å². The molecule has 2 N–H and O–H groups in total. The summed E-state index contributed by atoms with van der Waals surface area (Å²) >= 11 is 1.08. The SMILES string of the molecule is COc1ccc(C[C@@H](C(=O)SC)N(C)C(=O)[C@H](C)N(C)C(=O)[C@@H](C)N)cc1. The molecule has 0 saturated carbocycles. The van der Waals surface area contributed by atoms with E-state index in [1.54, 1.807) is 34.3 Å². The van der Waals surface area contributed by atoms with Crippen molar-refractivity contribution in [3.8, 4) is 5.75 Å². The summed E-state index contributed by atoms with van der Waals surface area (Å²) in [6.45, 7) is 3.20. The Balaban J connectivity index is 2.99. The molecule has 0 heterocycles. The van der Waals surface area contributed by atoms with Gasteiger partial charge in [0.25, 0.3) is 0 Å². The topological polar surface area (TPSA) is 92.9 Å². The second kappa shape index (κ2) is 10.3. The Kier molecular flexibility index (Phi) is 8.78. The number of hydrogen-bond donors (Lipinski definition) is 1. The molecule has 8 heteroatoms. The Morgan fingerprint density at radius 2 is 1.63 bits per heavy atom. The number of ether oxygens (including phenoxy) is 1. The normalized spacial score (nSPS) is 14.0. The largest absolute Gasteiger partial charge is 0.497 e. The van der Waals surface area contributed by atoms with Gasteiger partial charge in [-0.05, 0) is 37.8 Å². The quantitative estimate of drug-likeness (QED) is 0.710. The number of carbonyl (C=O) groups is 3. The number of amides is 2. The van der Waals surface area contributed by atoms with Crippen LogP contribution in [0.1, 0.15) is 19.4 Å². The number of carbonyl (C=O) groups excluding carboxylic acids is 3. The average molecular weight is 396 g/mol. The van der Waals surface area contributed by atoms with Gasteiger partial charge in [0.2, 0.25) is 16.9 Å². The zero-order chi connectivity index (χ0) is 20.7. The Morgan fingerprint density at radius 3 is 2.07 bits per heavy atom. The van der Waals surface area contributed by atoms with Crippen LogP contribution in [0.2, 0.25) is 0 Å². The van der Waals surface area contributed by atoms with Gasteiger partial charge in [-0.3, -0.25) is 14.4 Å². The predicted molar refractivity (Wildman–Crippen MR) is 108 cm³/mol. The molecular formula is C19H29N3O4S. The van der Waals surface area contributed by atoms with Gasteiger partial charge in [-0.2, -0.15) is 0 Å². The van der Waals surface area contributed by atoms with E-state index < -0.39 is 18.1 Å². The van der Waals surface area contributed by atoms with E-state index in [1.165, 1.54) is 16.8 Å². The van der Waals surface area contributed by atoms with Crippen LogP contribution in [0.15, 0.2) is 24.3 Å². The summed E-state index contributed by atoms with van der Waals surface area (Å²) in [6.07, 6.45) is 2.07. The standard InChI is InChI=1S/C19H29N3O4S/c1-12(20)17(23)21(3)13(2)18(24)22(4)16(19(25)27-6)11-14-7-9-15(26-5)10-8-14/h7-10,12-13,16H,11,20H2,1-6H3/t12-,13+,16+/m1/s1. The van der Waals surface area contributed by atoms with Crippen LogP contribution in [0, 0.1) is 0 Å². The van der Waals surface area contributed by atoms with Gasteiger partial charge in [0.1, 0.15) is 17.8 Å². The molecule has 0 bridgehead atoms. The highest BCUT2D eigenvalue weighted by atomic mass is 32.2. The fourth-order valence-electron chi connectivity index (χ4n) is 2.63. The molecule has 27 heavy (non-hydrogen) atoms. The minimum absolute atomic E-state index is 0.116. The summed E-state index contributed by atoms with van der Waals surface area (Å²) in [7, 11) is 4.71. The third kappa shape index (κ3) is 5.97. The number of likely N-dealkylation sites (N-methyl/N-ethyl adjacent to an activating group) is 2. The maximum atomic E-state index is 12.9. The summed E-state index contributed by atoms with van der Waals surface area (Å²) in [6, 6.07) is 5.31. The van der Waals surface area contributed by atoms with Gasteiger partial charge in [-0.25, -0.2) is 0 Å². The first kappa shape index (κ1) is 23.0. The molecule has 0 aliphatic carbocycles. The fourth-order valence-corrected chi connectivity index (χ4v) is 3.14. The van der Waals surface area contributed by atoms with E-state index in [9.17, 15) is 14.4 Å². The van der Waals surface area contributed by atoms with Crippen LogP contribution in [0.25, 0.3) is 0 Å². The first-order valence-electron chi connectivity index (χ1n) is 8.63. The zero-order valence-electron chi connectivity index (χ0n) is 16.8. The van der Waals surface area contributed by atoms with Crippen LogP contribution in [0.4, 0.5) is 0 Å². The Morgan fingerprint density at radius 1 is 1.07 bits per heavy atom. The van der Waals surface area contributed by atoms with Crippen LogP contribution in [-0.2, 0) is 20.8 Å². The summed E-state index contributed by atoms with van der Waals surface area (Å²) in [5.74, 6) is 0.0835. The first-order valence-corrected chi connectivity index (χ1v) is 9.86. The maximum Gasteiger partial charge on any atom is 0.245 e. The van der Waals surface area contributed by atoms with Gasteiger partial charge in [0, 0.05) is 20.5 Å². The highest BCUT2D eigenvalue weighted by molar-refractivity contribution is 8.13. The second-order valence-electron chi connectivity index (χ2n) is 6.45. The van der Waals surface area contributed by atoms with Crippen molar-refractivity contribution in [2.75, 3.05) is 27.5 Å². The minimum Gasteiger partial charge on any atom is -0.497 e. The lowest BCUT2D eigenvalue weighted by Crippen LogP contribution is -2.54. The van der Waals surface area contributed by atoms with Crippen LogP contribution in [-0.4, -0.2) is 72.3 Å². The molecule has 0 radical (unpaired) electrons. The highest BCUT2D eigenvalue weighted by Gasteiger charge is 2.32. The molecule has 0 fully saturated rings. The monoisotopic (exact) mass is 395 g/mol. The Bertz CT molecular complexity index is 663. The van der Waals surface area contributed by atoms with E-state index in [2.05, 4.69) is 0 Å². The molecule has 150 valence electrons. The van der Waals surface area contributed by atoms with Crippen molar-refractivity contribution in [2.24, 2.45) is 5.73 Å². The number of nitrogens with zero attached hydrogens (tertiary/aromatic N) is 2. The molecular weight excluding hydrogens is 366 g/mol. The van der Waals surface area contributed by atoms with E-state index in [0.717, 1.165) is 23.1 Å². The number of benzene rings is 1. The van der Waals surface area contributed by atoms with Gasteiger partial charge in [0.05, 0.1) is 13.2 Å². The van der Waals surface area contributed by atoms with Gasteiger partial charge < -0.3 is 20.3 Å². The Hall–Kier alpha value is -2.06. The summed E-state index contributed by atoms with van der Waals surface area (Å²) in [5.41, 5.74) is 6.53. The van der Waals surface area contributed by atoms with Gasteiger partial charge in [-0.15, -0.1) is 0 Å². The highest BCUT2D eigenvalue weighted by Crippen LogP contribution is 2.18. The maximum absolute atomic E-state index is 12.9. The summed E-state index contributed by atoms with van der Waals surface area (Å²) in [4.78, 5) is 40.1. The van der Waals surface area contributed by atoms with Crippen molar-refractivity contribution in [2.45, 2.75) is 38.4 Å². The van der Waals surface area contributed by atoms with Crippen LogP contribution in [0.3, 0.4) is 0 Å². The third-order valence-corrected chi connectivity index (χ3v) is 5.23. The molecule has 1 aromatic carbocycles. The molecule has 7 nitrogen and oxygen atoms in total. The first-order chi connectivity index (χ1) is 12.6. The van der Waals surface area contributed by atoms with E-state index in [-0.39, 0.29) is 16.9 Å². The number of hydrogen-bond acceptors (Lipinski definition) is 6. The molecule has 2 amide bonds. The lowest BCUT2D eigenvalue weighted by Gasteiger charge is -2.33. The van der Waals surface area contributed by atoms with Crippen molar-refractivity contribution < 1.29 is 19.1 Å². The second-order valence-corrected chi connectivity index (χ2v) is 7.26. The number of rotatable bonds is 8. The van der Waals surface area contributed by atoms with E-state index in [1.807, 2.05) is 24.3 Å². The number of nitrogens with two attached hydrogens (primary N) is 1. The van der Waals surface area contributed by atoms with Crippen molar-refractivity contribution in [3.05, 3.63) is 29.8 Å². The lowest BCUT2D eigenvalue weighted by atomic mass is 10.0. The van der Waals surface area contributed by atoms with Gasteiger partial charge in [-0.1, -0.05) is 23.9 Å². The molecule has 0 aliphatic rings. The number of thioether (sulfide) groups is 1. The van der Waals surface area contributed by atoms with Crippen LogP contribution in [0.5, 0.6) is 5.75 Å². The van der Waals surface area contributed by atoms with Crippen LogP contribution >= 0.6 is 11.8 Å². The van der Waals surface area contributed by atoms with E-state index >= 15 is 0 Å². The number of methoxy groups -OCH3 is 1. The molecule has 0 spiro atoms.